The fourth-order valence-electron chi connectivity index (χ4n) is 3.70. The van der Waals surface area contributed by atoms with E-state index in [0.717, 1.165) is 44.0 Å². The fraction of sp³-hybridized carbons (Fsp3) is 0.526. The zero-order chi connectivity index (χ0) is 18.7. The number of nitrogens with zero attached hydrogens (tertiary/aromatic N) is 1. The van der Waals surface area contributed by atoms with Gasteiger partial charge in [-0.2, -0.15) is 0 Å². The number of unbranched alkanes of at least 4 members (excludes halogenated alkanes) is 1. The molecule has 140 valence electrons. The molecule has 1 aromatic heterocycles. The topological polar surface area (TPSA) is 104 Å². The van der Waals surface area contributed by atoms with Crippen molar-refractivity contribution in [2.24, 2.45) is 0 Å². The number of imidazole rings is 1. The number of nitrogens with one attached hydrogen (secondary N) is 2. The van der Waals surface area contributed by atoms with Crippen molar-refractivity contribution in [3.8, 4) is 0 Å². The van der Waals surface area contributed by atoms with Gasteiger partial charge in [-0.15, -0.1) is 0 Å². The van der Waals surface area contributed by atoms with E-state index in [2.05, 4.69) is 10.3 Å². The van der Waals surface area contributed by atoms with Crippen molar-refractivity contribution in [1.82, 2.24) is 14.9 Å². The van der Waals surface area contributed by atoms with E-state index < -0.39 is 17.9 Å². The first-order chi connectivity index (χ1) is 12.5. The Bertz CT molecular complexity index is 861. The van der Waals surface area contributed by atoms with Crippen LogP contribution >= 0.6 is 0 Å². The number of H-pyrrole nitrogens is 1. The molecule has 3 rings (SSSR count). The molecular weight excluding hydrogens is 334 g/mol. The number of fused-ring (bicyclic) bond motifs is 1. The minimum absolute atomic E-state index is 0.157. The van der Waals surface area contributed by atoms with Crippen molar-refractivity contribution < 1.29 is 14.7 Å². The third-order valence-corrected chi connectivity index (χ3v) is 5.12. The Hall–Kier alpha value is -2.57. The molecule has 1 saturated carbocycles. The summed E-state index contributed by atoms with van der Waals surface area (Å²) in [4.78, 5) is 38.9. The maximum atomic E-state index is 12.4. The Kier molecular flexibility index (Phi) is 5.44. The van der Waals surface area contributed by atoms with Crippen LogP contribution in [0.15, 0.2) is 23.0 Å². The number of rotatable bonds is 7. The van der Waals surface area contributed by atoms with Crippen LogP contribution in [-0.2, 0) is 4.79 Å². The molecule has 1 aromatic carbocycles. The summed E-state index contributed by atoms with van der Waals surface area (Å²) in [7, 11) is 0. The van der Waals surface area contributed by atoms with Crippen LogP contribution in [0.3, 0.4) is 0 Å². The van der Waals surface area contributed by atoms with Gasteiger partial charge >= 0.3 is 11.7 Å². The highest BCUT2D eigenvalue weighted by molar-refractivity contribution is 5.99. The van der Waals surface area contributed by atoms with Crippen LogP contribution in [-0.4, -0.2) is 32.6 Å². The first-order valence-corrected chi connectivity index (χ1v) is 9.29. The van der Waals surface area contributed by atoms with Crippen LogP contribution in [0.25, 0.3) is 11.0 Å². The number of hydrogen-bond acceptors (Lipinski definition) is 3. The van der Waals surface area contributed by atoms with Gasteiger partial charge in [0.2, 0.25) is 0 Å². The molecule has 1 heterocycles. The molecule has 0 bridgehead atoms. The molecule has 1 amide bonds. The number of amides is 1. The molecule has 1 atom stereocenters. The van der Waals surface area contributed by atoms with Crippen LogP contribution < -0.4 is 11.0 Å². The lowest BCUT2D eigenvalue weighted by Gasteiger charge is -2.14. The maximum absolute atomic E-state index is 12.4. The quantitative estimate of drug-likeness (QED) is 0.707. The van der Waals surface area contributed by atoms with Gasteiger partial charge in [-0.25, -0.2) is 9.59 Å². The Morgan fingerprint density at radius 1 is 1.35 bits per heavy atom. The molecule has 0 spiro atoms. The van der Waals surface area contributed by atoms with Gasteiger partial charge in [0.25, 0.3) is 5.91 Å². The van der Waals surface area contributed by atoms with Crippen molar-refractivity contribution >= 4 is 22.9 Å². The molecule has 7 heteroatoms. The normalized spacial score (nSPS) is 16.0. The van der Waals surface area contributed by atoms with E-state index in [0.29, 0.717) is 17.5 Å². The zero-order valence-electron chi connectivity index (χ0n) is 15.0. The van der Waals surface area contributed by atoms with Gasteiger partial charge in [0, 0.05) is 11.6 Å². The molecular formula is C19H25N3O4. The van der Waals surface area contributed by atoms with Crippen molar-refractivity contribution in [3.63, 3.8) is 0 Å². The van der Waals surface area contributed by atoms with Crippen molar-refractivity contribution in [2.75, 3.05) is 0 Å². The molecule has 2 aromatic rings. The van der Waals surface area contributed by atoms with E-state index in [1.807, 2.05) is 6.92 Å². The maximum Gasteiger partial charge on any atom is 0.326 e. The average Bonchev–Trinajstić information content (AvgIpc) is 3.23. The Labute approximate surface area is 151 Å². The summed E-state index contributed by atoms with van der Waals surface area (Å²) in [5, 5.41) is 11.8. The van der Waals surface area contributed by atoms with Crippen LogP contribution in [0.1, 0.15) is 68.3 Å². The zero-order valence-corrected chi connectivity index (χ0v) is 15.0. The number of carbonyl (C=O) groups excluding carboxylic acids is 1. The van der Waals surface area contributed by atoms with E-state index in [4.69, 9.17) is 0 Å². The summed E-state index contributed by atoms with van der Waals surface area (Å²) in [6.07, 6.45) is 6.22. The highest BCUT2D eigenvalue weighted by atomic mass is 16.4. The largest absolute Gasteiger partial charge is 0.480 e. The van der Waals surface area contributed by atoms with Gasteiger partial charge in [-0.05, 0) is 37.5 Å². The Morgan fingerprint density at radius 3 is 2.73 bits per heavy atom. The van der Waals surface area contributed by atoms with Crippen molar-refractivity contribution in [2.45, 2.75) is 64.0 Å². The predicted molar refractivity (Wildman–Crippen MR) is 98.5 cm³/mol. The summed E-state index contributed by atoms with van der Waals surface area (Å²) >= 11 is 0. The smallest absolute Gasteiger partial charge is 0.326 e. The number of hydrogen-bond donors (Lipinski definition) is 3. The molecule has 1 aliphatic carbocycles. The molecule has 1 fully saturated rings. The number of benzene rings is 1. The summed E-state index contributed by atoms with van der Waals surface area (Å²) in [5.74, 6) is -1.47. The van der Waals surface area contributed by atoms with Gasteiger partial charge < -0.3 is 15.4 Å². The summed E-state index contributed by atoms with van der Waals surface area (Å²) in [5.41, 5.74) is 1.59. The van der Waals surface area contributed by atoms with Gasteiger partial charge in [0.05, 0.1) is 11.0 Å². The highest BCUT2D eigenvalue weighted by Crippen LogP contribution is 2.30. The number of carboxylic acid groups (broad SMARTS) is 1. The number of aromatic amines is 1. The molecule has 1 aliphatic rings. The molecule has 0 saturated heterocycles. The Balaban J connectivity index is 1.83. The average molecular weight is 359 g/mol. The van der Waals surface area contributed by atoms with Crippen LogP contribution in [0.5, 0.6) is 0 Å². The lowest BCUT2D eigenvalue weighted by molar-refractivity contribution is -0.139. The van der Waals surface area contributed by atoms with E-state index in [9.17, 15) is 19.5 Å². The molecule has 0 radical (unpaired) electrons. The molecule has 3 N–H and O–H groups in total. The third kappa shape index (κ3) is 3.66. The lowest BCUT2D eigenvalue weighted by Crippen LogP contribution is -2.40. The first-order valence-electron chi connectivity index (χ1n) is 9.29. The van der Waals surface area contributed by atoms with E-state index in [-0.39, 0.29) is 11.7 Å². The van der Waals surface area contributed by atoms with E-state index in [1.165, 1.54) is 0 Å². The second kappa shape index (κ2) is 7.76. The second-order valence-electron chi connectivity index (χ2n) is 6.98. The SMILES string of the molecule is CCCCC(NC(=O)c1ccc2c(c1)[nH]c(=O)n2C1CCCC1)C(=O)O. The number of aromatic nitrogens is 2. The van der Waals surface area contributed by atoms with Crippen LogP contribution in [0.2, 0.25) is 0 Å². The van der Waals surface area contributed by atoms with E-state index >= 15 is 0 Å². The highest BCUT2D eigenvalue weighted by Gasteiger charge is 2.23. The van der Waals surface area contributed by atoms with Crippen molar-refractivity contribution in [1.29, 1.82) is 0 Å². The van der Waals surface area contributed by atoms with Crippen molar-refractivity contribution in [3.05, 3.63) is 34.2 Å². The minimum atomic E-state index is -1.03. The first kappa shape index (κ1) is 18.2. The second-order valence-corrected chi connectivity index (χ2v) is 6.98. The summed E-state index contributed by atoms with van der Waals surface area (Å²) < 4.78 is 1.78. The molecule has 1 unspecified atom stereocenters. The lowest BCUT2D eigenvalue weighted by atomic mass is 10.1. The van der Waals surface area contributed by atoms with Gasteiger partial charge in [-0.1, -0.05) is 32.6 Å². The Morgan fingerprint density at radius 2 is 2.08 bits per heavy atom. The number of carboxylic acids is 1. The van der Waals surface area contributed by atoms with E-state index in [1.54, 1.807) is 22.8 Å². The minimum Gasteiger partial charge on any atom is -0.480 e. The monoisotopic (exact) mass is 359 g/mol. The molecule has 0 aliphatic heterocycles. The fourth-order valence-corrected chi connectivity index (χ4v) is 3.70. The van der Waals surface area contributed by atoms with Gasteiger partial charge in [-0.3, -0.25) is 9.36 Å². The summed E-state index contributed by atoms with van der Waals surface area (Å²) in [6, 6.07) is 4.34. The predicted octanol–water partition coefficient (Wildman–Crippen LogP) is 2.82. The van der Waals surface area contributed by atoms with Crippen LogP contribution in [0, 0.1) is 0 Å². The van der Waals surface area contributed by atoms with Gasteiger partial charge in [0.1, 0.15) is 6.04 Å². The number of aliphatic carboxylic acids is 1. The summed E-state index contributed by atoms with van der Waals surface area (Å²) in [6.45, 7) is 1.97. The molecule has 7 nitrogen and oxygen atoms in total. The standard InChI is InChI=1S/C19H25N3O4/c1-2-3-8-14(18(24)25)20-17(23)12-9-10-16-15(11-12)21-19(26)22(16)13-6-4-5-7-13/h9-11,13-14H,2-8H2,1H3,(H,20,23)(H,21,26)(H,24,25). The van der Waals surface area contributed by atoms with Gasteiger partial charge in [0.15, 0.2) is 0 Å². The van der Waals surface area contributed by atoms with Crippen LogP contribution in [0.4, 0.5) is 0 Å². The number of carbonyl (C=O) groups is 2. The molecule has 26 heavy (non-hydrogen) atoms. The third-order valence-electron chi connectivity index (χ3n) is 5.12.